The number of likely N-dealkylation sites (N-methyl/N-ethyl adjacent to an activating group) is 1. The van der Waals surface area contributed by atoms with Crippen molar-refractivity contribution in [2.75, 3.05) is 7.05 Å². The minimum atomic E-state index is -0.338. The minimum absolute atomic E-state index is 0.233. The topological polar surface area (TPSA) is 49.4 Å². The molecule has 0 aliphatic carbocycles. The Morgan fingerprint density at radius 3 is 2.33 bits per heavy atom. The van der Waals surface area contributed by atoms with Gasteiger partial charge in [-0.05, 0) is 22.6 Å². The van der Waals surface area contributed by atoms with E-state index >= 15 is 0 Å². The number of amides is 3. The summed E-state index contributed by atoms with van der Waals surface area (Å²) in [6.45, 7) is 0. The van der Waals surface area contributed by atoms with Gasteiger partial charge in [0, 0.05) is 7.05 Å². The third-order valence-corrected chi connectivity index (χ3v) is 2.51. The van der Waals surface area contributed by atoms with Crippen LogP contribution in [0.2, 0.25) is 0 Å². The zero-order valence-corrected chi connectivity index (χ0v) is 6.88. The molecule has 1 N–H and O–H groups in total. The van der Waals surface area contributed by atoms with Gasteiger partial charge in [0.05, 0.1) is 0 Å². The Kier molecular flexibility index (Phi) is 1.60. The number of urea groups is 1. The van der Waals surface area contributed by atoms with E-state index in [-0.39, 0.29) is 16.0 Å². The van der Waals surface area contributed by atoms with Gasteiger partial charge in [-0.25, -0.2) is 4.79 Å². The van der Waals surface area contributed by atoms with Crippen molar-refractivity contribution in [2.24, 2.45) is 0 Å². The molecule has 0 spiro atoms. The third kappa shape index (κ3) is 1.00. The fourth-order valence-electron chi connectivity index (χ4n) is 0.532. The van der Waals surface area contributed by atoms with E-state index in [2.05, 4.69) is 5.32 Å². The van der Waals surface area contributed by atoms with Gasteiger partial charge in [0.25, 0.3) is 5.91 Å². The van der Waals surface area contributed by atoms with E-state index in [0.29, 0.717) is 0 Å². The molecular formula is C4H5IN2O2. The molecule has 0 aromatic carbocycles. The molecule has 1 rings (SSSR count). The number of nitrogens with one attached hydrogen (secondary N) is 1. The predicted molar refractivity (Wildman–Crippen MR) is 39.1 cm³/mol. The molecule has 5 heteroatoms. The Bertz CT molecular complexity index is 152. The second-order valence-electron chi connectivity index (χ2n) is 1.74. The summed E-state index contributed by atoms with van der Waals surface area (Å²) >= 11 is 1.89. The average Bonchev–Trinajstić information content (AvgIpc) is 1.98. The molecule has 1 aliphatic heterocycles. The SMILES string of the molecule is CN1C(=O)NC(=O)C1I. The van der Waals surface area contributed by atoms with Crippen LogP contribution in [0.3, 0.4) is 0 Å². The second-order valence-corrected chi connectivity index (χ2v) is 2.92. The summed E-state index contributed by atoms with van der Waals surface area (Å²) in [5, 5.41) is 2.16. The summed E-state index contributed by atoms with van der Waals surface area (Å²) in [7, 11) is 1.58. The van der Waals surface area contributed by atoms with Crippen LogP contribution in [0.4, 0.5) is 4.79 Å². The molecular weight excluding hydrogens is 235 g/mol. The summed E-state index contributed by atoms with van der Waals surface area (Å²) in [5.41, 5.74) is 0. The highest BCUT2D eigenvalue weighted by molar-refractivity contribution is 14.1. The summed E-state index contributed by atoms with van der Waals surface area (Å²) in [6, 6.07) is -0.320. The summed E-state index contributed by atoms with van der Waals surface area (Å²) < 4.78 is -0.338. The summed E-state index contributed by atoms with van der Waals surface area (Å²) in [5.74, 6) is -0.233. The van der Waals surface area contributed by atoms with Crippen LogP contribution in [0.25, 0.3) is 0 Å². The van der Waals surface area contributed by atoms with Gasteiger partial charge >= 0.3 is 6.03 Å². The lowest BCUT2D eigenvalue weighted by molar-refractivity contribution is -0.118. The van der Waals surface area contributed by atoms with E-state index in [4.69, 9.17) is 0 Å². The van der Waals surface area contributed by atoms with Crippen molar-refractivity contribution in [3.05, 3.63) is 0 Å². The smallest absolute Gasteiger partial charge is 0.307 e. The Balaban J connectivity index is 2.77. The lowest BCUT2D eigenvalue weighted by atomic mass is 10.6. The largest absolute Gasteiger partial charge is 0.325 e. The molecule has 0 bridgehead atoms. The molecule has 1 atom stereocenters. The molecule has 3 amide bonds. The maximum Gasteiger partial charge on any atom is 0.325 e. The van der Waals surface area contributed by atoms with Crippen LogP contribution >= 0.6 is 22.6 Å². The molecule has 1 saturated heterocycles. The average molecular weight is 240 g/mol. The van der Waals surface area contributed by atoms with E-state index in [1.54, 1.807) is 7.05 Å². The van der Waals surface area contributed by atoms with Crippen molar-refractivity contribution in [3.63, 3.8) is 0 Å². The van der Waals surface area contributed by atoms with Gasteiger partial charge in [0.2, 0.25) is 0 Å². The molecule has 1 unspecified atom stereocenters. The molecule has 0 radical (unpaired) electrons. The number of rotatable bonds is 0. The fraction of sp³-hybridized carbons (Fsp3) is 0.500. The molecule has 9 heavy (non-hydrogen) atoms. The number of carbonyl (C=O) groups excluding carboxylic acids is 2. The zero-order chi connectivity index (χ0) is 7.02. The molecule has 50 valence electrons. The maximum atomic E-state index is 10.6. The fourth-order valence-corrected chi connectivity index (χ4v) is 0.941. The van der Waals surface area contributed by atoms with Crippen molar-refractivity contribution in [1.82, 2.24) is 10.2 Å². The van der Waals surface area contributed by atoms with Gasteiger partial charge in [-0.1, -0.05) is 0 Å². The summed E-state index contributed by atoms with van der Waals surface area (Å²) in [6.07, 6.45) is 0. The van der Waals surface area contributed by atoms with Crippen LogP contribution in [0.1, 0.15) is 0 Å². The number of hydrogen-bond donors (Lipinski definition) is 1. The highest BCUT2D eigenvalue weighted by atomic mass is 127. The van der Waals surface area contributed by atoms with Crippen molar-refractivity contribution in [1.29, 1.82) is 0 Å². The van der Waals surface area contributed by atoms with Gasteiger partial charge in [0.15, 0.2) is 4.05 Å². The van der Waals surface area contributed by atoms with Crippen molar-refractivity contribution >= 4 is 34.5 Å². The number of carbonyl (C=O) groups is 2. The van der Waals surface area contributed by atoms with Crippen LogP contribution < -0.4 is 5.32 Å². The van der Waals surface area contributed by atoms with Crippen LogP contribution in [0, 0.1) is 0 Å². The number of alkyl halides is 1. The van der Waals surface area contributed by atoms with E-state index < -0.39 is 0 Å². The van der Waals surface area contributed by atoms with Crippen molar-refractivity contribution in [2.45, 2.75) is 4.05 Å². The number of imide groups is 1. The molecule has 1 fully saturated rings. The highest BCUT2D eigenvalue weighted by Crippen LogP contribution is 2.11. The molecule has 1 heterocycles. The molecule has 4 nitrogen and oxygen atoms in total. The van der Waals surface area contributed by atoms with Crippen LogP contribution in [0.15, 0.2) is 0 Å². The van der Waals surface area contributed by atoms with Gasteiger partial charge in [-0.2, -0.15) is 0 Å². The Morgan fingerprint density at radius 2 is 2.22 bits per heavy atom. The molecule has 0 aromatic rings. The van der Waals surface area contributed by atoms with Gasteiger partial charge < -0.3 is 4.90 Å². The molecule has 0 saturated carbocycles. The molecule has 1 aliphatic rings. The first kappa shape index (κ1) is 6.79. The van der Waals surface area contributed by atoms with Gasteiger partial charge in [-0.15, -0.1) is 0 Å². The highest BCUT2D eigenvalue weighted by Gasteiger charge is 2.32. The normalized spacial score (nSPS) is 26.9. The maximum absolute atomic E-state index is 10.6. The zero-order valence-electron chi connectivity index (χ0n) is 4.72. The lowest BCUT2D eigenvalue weighted by Crippen LogP contribution is -2.25. The second kappa shape index (κ2) is 2.13. The monoisotopic (exact) mass is 240 g/mol. The van der Waals surface area contributed by atoms with Crippen LogP contribution in [-0.4, -0.2) is 27.9 Å². The standard InChI is InChI=1S/C4H5IN2O2/c1-7-2(5)3(8)6-4(7)9/h2H,1H3,(H,6,8,9). The van der Waals surface area contributed by atoms with Gasteiger partial charge in [-0.3, -0.25) is 10.1 Å². The Morgan fingerprint density at radius 1 is 1.67 bits per heavy atom. The first-order valence-electron chi connectivity index (χ1n) is 2.34. The predicted octanol–water partition coefficient (Wildman–Crippen LogP) is -0.0709. The first-order valence-corrected chi connectivity index (χ1v) is 3.59. The number of nitrogens with zero attached hydrogens (tertiary/aromatic N) is 1. The molecule has 0 aromatic heterocycles. The van der Waals surface area contributed by atoms with Crippen molar-refractivity contribution in [3.8, 4) is 0 Å². The van der Waals surface area contributed by atoms with Crippen LogP contribution in [0.5, 0.6) is 0 Å². The van der Waals surface area contributed by atoms with Crippen molar-refractivity contribution < 1.29 is 9.59 Å². The third-order valence-electron chi connectivity index (χ3n) is 1.11. The lowest BCUT2D eigenvalue weighted by Gasteiger charge is -2.07. The summed E-state index contributed by atoms with van der Waals surface area (Å²) in [4.78, 5) is 22.5. The Hall–Kier alpha value is -0.330. The van der Waals surface area contributed by atoms with E-state index in [9.17, 15) is 9.59 Å². The first-order chi connectivity index (χ1) is 4.13. The van der Waals surface area contributed by atoms with E-state index in [1.807, 2.05) is 22.6 Å². The van der Waals surface area contributed by atoms with Gasteiger partial charge in [0.1, 0.15) is 0 Å². The van der Waals surface area contributed by atoms with E-state index in [0.717, 1.165) is 0 Å². The van der Waals surface area contributed by atoms with Crippen LogP contribution in [-0.2, 0) is 4.79 Å². The quantitative estimate of drug-likeness (QED) is 0.279. The number of hydrogen-bond acceptors (Lipinski definition) is 2. The van der Waals surface area contributed by atoms with E-state index in [1.165, 1.54) is 4.90 Å². The Labute approximate surface area is 65.7 Å². The number of halogens is 1. The minimum Gasteiger partial charge on any atom is -0.307 e.